The maximum atomic E-state index is 4.49. The van der Waals surface area contributed by atoms with Crippen LogP contribution >= 0.6 is 0 Å². The van der Waals surface area contributed by atoms with E-state index in [9.17, 15) is 0 Å². The van der Waals surface area contributed by atoms with E-state index in [1.165, 1.54) is 12.0 Å². The van der Waals surface area contributed by atoms with Crippen LogP contribution in [0.4, 0.5) is 11.8 Å². The fraction of sp³-hybridized carbons (Fsp3) is 0.444. The number of aromatic nitrogens is 2. The van der Waals surface area contributed by atoms with E-state index in [0.717, 1.165) is 18.1 Å². The largest absolute Gasteiger partial charge is 0.369 e. The van der Waals surface area contributed by atoms with Crippen molar-refractivity contribution in [3.8, 4) is 0 Å². The molecule has 0 amide bonds. The van der Waals surface area contributed by atoms with E-state index < -0.39 is 0 Å². The molecule has 1 aliphatic carbocycles. The Morgan fingerprint density at radius 3 is 2.41 bits per heavy atom. The van der Waals surface area contributed by atoms with E-state index in [0.29, 0.717) is 11.4 Å². The Hall–Kier alpha value is -2.10. The monoisotopic (exact) mass is 296 g/mol. The van der Waals surface area contributed by atoms with Gasteiger partial charge in [-0.3, -0.25) is 0 Å². The molecule has 1 atom stereocenters. The lowest BCUT2D eigenvalue weighted by Gasteiger charge is -2.22. The van der Waals surface area contributed by atoms with Crippen LogP contribution in [0, 0.1) is 12.3 Å². The third kappa shape index (κ3) is 2.54. The highest BCUT2D eigenvalue weighted by Crippen LogP contribution is 2.64. The summed E-state index contributed by atoms with van der Waals surface area (Å²) in [7, 11) is 1.84. The molecule has 0 radical (unpaired) electrons. The lowest BCUT2D eigenvalue weighted by atomic mass is 9.88. The van der Waals surface area contributed by atoms with Crippen molar-refractivity contribution < 1.29 is 0 Å². The third-order valence-electron chi connectivity index (χ3n) is 4.89. The highest BCUT2D eigenvalue weighted by Gasteiger charge is 2.61. The first kappa shape index (κ1) is 14.8. The van der Waals surface area contributed by atoms with E-state index in [1.807, 2.05) is 20.0 Å². The number of rotatable bonds is 5. The van der Waals surface area contributed by atoms with E-state index in [4.69, 9.17) is 0 Å². The fourth-order valence-electron chi connectivity index (χ4n) is 3.38. The summed E-state index contributed by atoms with van der Waals surface area (Å²) in [6.45, 7) is 7.56. The summed E-state index contributed by atoms with van der Waals surface area (Å²) in [5.74, 6) is 1.54. The number of benzene rings is 1. The molecule has 4 heteroatoms. The number of nitrogens with zero attached hydrogens (tertiary/aromatic N) is 2. The number of hydrogen-bond donors (Lipinski definition) is 2. The van der Waals surface area contributed by atoms with Gasteiger partial charge in [0.05, 0.1) is 0 Å². The van der Waals surface area contributed by atoms with Crippen LogP contribution < -0.4 is 10.6 Å². The number of nitrogens with one attached hydrogen (secondary N) is 2. The fourth-order valence-corrected chi connectivity index (χ4v) is 3.38. The van der Waals surface area contributed by atoms with Crippen molar-refractivity contribution in [2.24, 2.45) is 5.41 Å². The second-order valence-corrected chi connectivity index (χ2v) is 6.83. The van der Waals surface area contributed by atoms with Gasteiger partial charge in [-0.25, -0.2) is 4.98 Å². The second kappa shape index (κ2) is 5.27. The van der Waals surface area contributed by atoms with Crippen molar-refractivity contribution in [2.75, 3.05) is 24.2 Å². The van der Waals surface area contributed by atoms with E-state index >= 15 is 0 Å². The molecule has 4 nitrogen and oxygen atoms in total. The van der Waals surface area contributed by atoms with Crippen molar-refractivity contribution in [1.29, 1.82) is 0 Å². The standard InChI is InChI=1S/C18H24N4/c1-13-10-15(22-16(19-4)21-13)20-12-18(11-17(18,2)3)14-8-6-5-7-9-14/h5-10H,11-12H2,1-4H3,(H2,19,20,21,22). The Bertz CT molecular complexity index is 666. The van der Waals surface area contributed by atoms with Gasteiger partial charge >= 0.3 is 0 Å². The molecule has 1 heterocycles. The first-order valence-electron chi connectivity index (χ1n) is 7.80. The minimum Gasteiger partial charge on any atom is -0.369 e. The van der Waals surface area contributed by atoms with Gasteiger partial charge in [-0.1, -0.05) is 44.2 Å². The van der Waals surface area contributed by atoms with Gasteiger partial charge in [0.2, 0.25) is 5.95 Å². The molecule has 1 aromatic carbocycles. The summed E-state index contributed by atoms with van der Waals surface area (Å²) in [4.78, 5) is 8.83. The average molecular weight is 296 g/mol. The van der Waals surface area contributed by atoms with Crippen molar-refractivity contribution in [2.45, 2.75) is 32.6 Å². The van der Waals surface area contributed by atoms with E-state index in [-0.39, 0.29) is 5.41 Å². The van der Waals surface area contributed by atoms with Crippen LogP contribution in [-0.2, 0) is 5.41 Å². The van der Waals surface area contributed by atoms with Gasteiger partial charge in [-0.05, 0) is 24.3 Å². The van der Waals surface area contributed by atoms with Crippen LogP contribution in [0.15, 0.2) is 36.4 Å². The number of aryl methyl sites for hydroxylation is 1. The molecule has 3 rings (SSSR count). The zero-order valence-corrected chi connectivity index (χ0v) is 13.8. The summed E-state index contributed by atoms with van der Waals surface area (Å²) in [6.07, 6.45) is 1.19. The van der Waals surface area contributed by atoms with Gasteiger partial charge in [0.1, 0.15) is 5.82 Å². The molecule has 1 aliphatic rings. The van der Waals surface area contributed by atoms with Gasteiger partial charge in [0.15, 0.2) is 0 Å². The molecule has 0 saturated heterocycles. The predicted molar refractivity (Wildman–Crippen MR) is 91.3 cm³/mol. The first-order chi connectivity index (χ1) is 10.5. The molecule has 1 saturated carbocycles. The Kier molecular flexibility index (Phi) is 3.55. The minimum atomic E-state index is 0.187. The Morgan fingerprint density at radius 1 is 1.14 bits per heavy atom. The normalized spacial score (nSPS) is 22.2. The Labute approximate surface area is 132 Å². The molecule has 1 aromatic heterocycles. The van der Waals surface area contributed by atoms with E-state index in [2.05, 4.69) is 64.8 Å². The van der Waals surface area contributed by atoms with Crippen molar-refractivity contribution in [1.82, 2.24) is 9.97 Å². The third-order valence-corrected chi connectivity index (χ3v) is 4.89. The van der Waals surface area contributed by atoms with Gasteiger partial charge < -0.3 is 10.6 Å². The maximum Gasteiger partial charge on any atom is 0.224 e. The van der Waals surface area contributed by atoms with Crippen molar-refractivity contribution >= 4 is 11.8 Å². The summed E-state index contributed by atoms with van der Waals surface area (Å²) < 4.78 is 0. The molecule has 0 bridgehead atoms. The van der Waals surface area contributed by atoms with Crippen molar-refractivity contribution in [3.05, 3.63) is 47.7 Å². The van der Waals surface area contributed by atoms with Crippen LogP contribution in [0.5, 0.6) is 0 Å². The average Bonchev–Trinajstić information content (AvgIpc) is 3.08. The topological polar surface area (TPSA) is 49.8 Å². The smallest absolute Gasteiger partial charge is 0.224 e. The van der Waals surface area contributed by atoms with Crippen LogP contribution in [0.1, 0.15) is 31.5 Å². The Balaban J connectivity index is 1.81. The quantitative estimate of drug-likeness (QED) is 0.885. The summed E-state index contributed by atoms with van der Waals surface area (Å²) in [5, 5.41) is 6.53. The molecule has 22 heavy (non-hydrogen) atoms. The molecule has 1 fully saturated rings. The van der Waals surface area contributed by atoms with Crippen LogP contribution in [0.2, 0.25) is 0 Å². The predicted octanol–water partition coefficient (Wildman–Crippen LogP) is 3.61. The minimum absolute atomic E-state index is 0.187. The highest BCUT2D eigenvalue weighted by molar-refractivity contribution is 5.46. The van der Waals surface area contributed by atoms with Crippen molar-refractivity contribution in [3.63, 3.8) is 0 Å². The van der Waals surface area contributed by atoms with Gasteiger partial charge in [-0.15, -0.1) is 0 Å². The lowest BCUT2D eigenvalue weighted by molar-refractivity contribution is 0.512. The maximum absolute atomic E-state index is 4.49. The molecular weight excluding hydrogens is 272 g/mol. The zero-order chi connectivity index (χ0) is 15.8. The zero-order valence-electron chi connectivity index (χ0n) is 13.8. The van der Waals surface area contributed by atoms with Gasteiger partial charge in [0, 0.05) is 30.8 Å². The molecule has 2 aromatic rings. The number of anilines is 2. The second-order valence-electron chi connectivity index (χ2n) is 6.83. The molecule has 0 spiro atoms. The molecule has 1 unspecified atom stereocenters. The number of hydrogen-bond acceptors (Lipinski definition) is 4. The van der Waals surface area contributed by atoms with Gasteiger partial charge in [-0.2, -0.15) is 4.98 Å². The Morgan fingerprint density at radius 2 is 1.82 bits per heavy atom. The van der Waals surface area contributed by atoms with Crippen LogP contribution in [0.3, 0.4) is 0 Å². The summed E-state index contributed by atoms with van der Waals surface area (Å²) in [5.41, 5.74) is 2.88. The highest BCUT2D eigenvalue weighted by atomic mass is 15.1. The molecule has 116 valence electrons. The van der Waals surface area contributed by atoms with Crippen LogP contribution in [0.25, 0.3) is 0 Å². The molecule has 0 aliphatic heterocycles. The van der Waals surface area contributed by atoms with Gasteiger partial charge in [0.25, 0.3) is 0 Å². The lowest BCUT2D eigenvalue weighted by Crippen LogP contribution is -2.25. The molecular formula is C18H24N4. The van der Waals surface area contributed by atoms with E-state index in [1.54, 1.807) is 0 Å². The summed E-state index contributed by atoms with van der Waals surface area (Å²) in [6, 6.07) is 12.8. The van der Waals surface area contributed by atoms with Crippen LogP contribution in [-0.4, -0.2) is 23.6 Å². The SMILES string of the molecule is CNc1nc(C)cc(NCC2(c3ccccc3)CC2(C)C)n1. The summed E-state index contributed by atoms with van der Waals surface area (Å²) >= 11 is 0. The molecule has 2 N–H and O–H groups in total. The first-order valence-corrected chi connectivity index (χ1v) is 7.80.